The van der Waals surface area contributed by atoms with Gasteiger partial charge < -0.3 is 5.11 Å². The van der Waals surface area contributed by atoms with Crippen LogP contribution in [-0.2, 0) is 11.2 Å². The summed E-state index contributed by atoms with van der Waals surface area (Å²) in [7, 11) is 0. The van der Waals surface area contributed by atoms with E-state index in [1.165, 1.54) is 43.2 Å². The minimum absolute atomic E-state index is 0.270. The molecule has 2 bridgehead atoms. The fourth-order valence-corrected chi connectivity index (χ4v) is 6.06. The van der Waals surface area contributed by atoms with Gasteiger partial charge >= 0.3 is 5.97 Å². The fourth-order valence-electron chi connectivity index (χ4n) is 5.37. The number of aryl methyl sites for hydroxylation is 1. The summed E-state index contributed by atoms with van der Waals surface area (Å²) in [6.45, 7) is 2.09. The molecule has 0 radical (unpaired) electrons. The van der Waals surface area contributed by atoms with Gasteiger partial charge in [-0.25, -0.2) is 0 Å². The first-order valence-electron chi connectivity index (χ1n) is 10.3. The van der Waals surface area contributed by atoms with E-state index in [-0.39, 0.29) is 6.42 Å². The molecule has 2 aliphatic rings. The van der Waals surface area contributed by atoms with Gasteiger partial charge in [0.05, 0.1) is 0 Å². The highest BCUT2D eigenvalue weighted by atomic mass is 35.5. The summed E-state index contributed by atoms with van der Waals surface area (Å²) in [5.74, 6) is 2.50. The molecule has 0 saturated heterocycles. The smallest absolute Gasteiger partial charge is 0.303 e. The van der Waals surface area contributed by atoms with Gasteiger partial charge in [0, 0.05) is 16.5 Å². The van der Waals surface area contributed by atoms with E-state index in [9.17, 15) is 4.79 Å². The van der Waals surface area contributed by atoms with E-state index < -0.39 is 5.97 Å². The molecule has 0 heterocycles. The second kappa shape index (κ2) is 9.47. The Labute approximate surface area is 172 Å². The maximum Gasteiger partial charge on any atom is 0.303 e. The summed E-state index contributed by atoms with van der Waals surface area (Å²) >= 11 is 12.5. The van der Waals surface area contributed by atoms with Crippen molar-refractivity contribution in [2.75, 3.05) is 0 Å². The van der Waals surface area contributed by atoms with Gasteiger partial charge in [-0.3, -0.25) is 4.79 Å². The topological polar surface area (TPSA) is 37.3 Å². The largest absolute Gasteiger partial charge is 0.481 e. The first kappa shape index (κ1) is 20.7. The molecule has 0 spiro atoms. The molecular formula is C23H30Cl2O2. The van der Waals surface area contributed by atoms with Crippen molar-refractivity contribution in [3.05, 3.63) is 45.5 Å². The molecule has 0 amide bonds. The van der Waals surface area contributed by atoms with Gasteiger partial charge in [0.25, 0.3) is 0 Å². The van der Waals surface area contributed by atoms with Crippen LogP contribution < -0.4 is 0 Å². The number of hydrogen-bond acceptors (Lipinski definition) is 1. The van der Waals surface area contributed by atoms with E-state index in [0.29, 0.717) is 10.9 Å². The van der Waals surface area contributed by atoms with Crippen molar-refractivity contribution in [3.63, 3.8) is 0 Å². The molecule has 1 aromatic rings. The number of hydrogen-bond donors (Lipinski definition) is 1. The van der Waals surface area contributed by atoms with E-state index in [1.807, 2.05) is 12.1 Å². The molecule has 2 aliphatic carbocycles. The van der Waals surface area contributed by atoms with Crippen molar-refractivity contribution in [1.82, 2.24) is 0 Å². The SMILES string of the molecule is Cc1cc(Cl)cc(Cl)c1CCC[C@H]1[C@H]2CC[C@H](C2)[C@@H]1/C=C\CCCC(=O)O. The number of halogens is 2. The zero-order chi connectivity index (χ0) is 19.4. The van der Waals surface area contributed by atoms with Crippen LogP contribution >= 0.6 is 23.2 Å². The van der Waals surface area contributed by atoms with Crippen molar-refractivity contribution < 1.29 is 9.90 Å². The zero-order valence-electron chi connectivity index (χ0n) is 16.1. The minimum atomic E-state index is -0.697. The fraction of sp³-hybridized carbons (Fsp3) is 0.609. The van der Waals surface area contributed by atoms with Crippen LogP contribution in [0, 0.1) is 30.6 Å². The van der Waals surface area contributed by atoms with Gasteiger partial charge in [-0.1, -0.05) is 35.4 Å². The Morgan fingerprint density at radius 3 is 2.74 bits per heavy atom. The van der Waals surface area contributed by atoms with Crippen LogP contribution in [0.15, 0.2) is 24.3 Å². The number of aliphatic carboxylic acids is 1. The van der Waals surface area contributed by atoms with Crippen LogP contribution in [-0.4, -0.2) is 11.1 Å². The van der Waals surface area contributed by atoms with Gasteiger partial charge in [0.15, 0.2) is 0 Å². The Morgan fingerprint density at radius 2 is 2.00 bits per heavy atom. The molecule has 0 aromatic heterocycles. The van der Waals surface area contributed by atoms with E-state index in [4.69, 9.17) is 28.3 Å². The normalized spacial score (nSPS) is 26.9. The van der Waals surface area contributed by atoms with Crippen LogP contribution in [0.2, 0.25) is 10.0 Å². The molecule has 1 aromatic carbocycles. The summed E-state index contributed by atoms with van der Waals surface area (Å²) in [6.07, 6.45) is 14.1. The average Bonchev–Trinajstić information content (AvgIpc) is 3.18. The Balaban J connectivity index is 1.53. The molecule has 0 unspecified atom stereocenters. The number of carbonyl (C=O) groups is 1. The van der Waals surface area contributed by atoms with Gasteiger partial charge in [-0.05, 0) is 105 Å². The summed E-state index contributed by atoms with van der Waals surface area (Å²) < 4.78 is 0. The van der Waals surface area contributed by atoms with Crippen molar-refractivity contribution in [1.29, 1.82) is 0 Å². The molecule has 4 atom stereocenters. The molecule has 2 saturated carbocycles. The number of benzene rings is 1. The van der Waals surface area contributed by atoms with Crippen LogP contribution in [0.25, 0.3) is 0 Å². The quantitative estimate of drug-likeness (QED) is 0.349. The summed E-state index contributed by atoms with van der Waals surface area (Å²) in [4.78, 5) is 10.6. The number of carboxylic acid groups (broad SMARTS) is 1. The molecule has 3 rings (SSSR count). The van der Waals surface area contributed by atoms with Crippen molar-refractivity contribution in [2.45, 2.75) is 64.7 Å². The number of fused-ring (bicyclic) bond motifs is 2. The lowest BCUT2D eigenvalue weighted by Gasteiger charge is -2.29. The molecule has 2 nitrogen and oxygen atoms in total. The summed E-state index contributed by atoms with van der Waals surface area (Å²) in [6, 6.07) is 3.86. The minimum Gasteiger partial charge on any atom is -0.481 e. The van der Waals surface area contributed by atoms with E-state index in [2.05, 4.69) is 19.1 Å². The lowest BCUT2D eigenvalue weighted by atomic mass is 9.76. The highest BCUT2D eigenvalue weighted by Crippen LogP contribution is 2.54. The number of unbranched alkanes of at least 4 members (excludes halogenated alkanes) is 1. The standard InChI is InChI=1S/C23H30Cl2O2/c1-15-12-18(24)14-22(25)19(15)7-5-8-21-17-11-10-16(13-17)20(21)6-3-2-4-9-23(26)27/h3,6,12,14,16-17,20-21H,2,4-5,7-11,13H2,1H3,(H,26,27)/b6-3-/t16-,17+,20+,21+/m1/s1. The highest BCUT2D eigenvalue weighted by molar-refractivity contribution is 6.35. The second-order valence-electron chi connectivity index (χ2n) is 8.36. The van der Waals surface area contributed by atoms with Crippen LogP contribution in [0.1, 0.15) is 62.5 Å². The third-order valence-electron chi connectivity index (χ3n) is 6.63. The van der Waals surface area contributed by atoms with Crippen molar-refractivity contribution in [2.24, 2.45) is 23.7 Å². The first-order valence-corrected chi connectivity index (χ1v) is 11.0. The third kappa shape index (κ3) is 5.29. The number of carboxylic acids is 1. The third-order valence-corrected chi connectivity index (χ3v) is 7.18. The molecule has 4 heteroatoms. The maximum atomic E-state index is 10.6. The van der Waals surface area contributed by atoms with E-state index in [0.717, 1.165) is 42.0 Å². The molecule has 0 aliphatic heterocycles. The summed E-state index contributed by atoms with van der Waals surface area (Å²) in [5.41, 5.74) is 2.43. The lowest BCUT2D eigenvalue weighted by Crippen LogP contribution is -2.21. The Hall–Kier alpha value is -0.990. The molecular weight excluding hydrogens is 379 g/mol. The van der Waals surface area contributed by atoms with Gasteiger partial charge in [0.2, 0.25) is 0 Å². The van der Waals surface area contributed by atoms with Crippen LogP contribution in [0.4, 0.5) is 0 Å². The second-order valence-corrected chi connectivity index (χ2v) is 9.21. The van der Waals surface area contributed by atoms with E-state index in [1.54, 1.807) is 0 Å². The Bertz CT molecular complexity index is 675. The molecule has 27 heavy (non-hydrogen) atoms. The van der Waals surface area contributed by atoms with E-state index >= 15 is 0 Å². The number of rotatable bonds is 9. The Kier molecular flexibility index (Phi) is 7.28. The van der Waals surface area contributed by atoms with Gasteiger partial charge in [-0.15, -0.1) is 0 Å². The summed E-state index contributed by atoms with van der Waals surface area (Å²) in [5, 5.41) is 10.3. The molecule has 1 N–H and O–H groups in total. The van der Waals surface area contributed by atoms with Crippen LogP contribution in [0.5, 0.6) is 0 Å². The molecule has 2 fully saturated rings. The van der Waals surface area contributed by atoms with Gasteiger partial charge in [0.1, 0.15) is 0 Å². The zero-order valence-corrected chi connectivity index (χ0v) is 17.6. The van der Waals surface area contributed by atoms with Crippen molar-refractivity contribution in [3.8, 4) is 0 Å². The average molecular weight is 409 g/mol. The highest BCUT2D eigenvalue weighted by Gasteiger charge is 2.45. The number of allylic oxidation sites excluding steroid dienone is 2. The predicted octanol–water partition coefficient (Wildman–Crippen LogP) is 7.10. The monoisotopic (exact) mass is 408 g/mol. The molecule has 148 valence electrons. The first-order chi connectivity index (χ1) is 13.0. The van der Waals surface area contributed by atoms with Gasteiger partial charge in [-0.2, -0.15) is 0 Å². The van der Waals surface area contributed by atoms with Crippen molar-refractivity contribution >= 4 is 29.2 Å². The lowest BCUT2D eigenvalue weighted by molar-refractivity contribution is -0.137. The Morgan fingerprint density at radius 1 is 1.22 bits per heavy atom. The maximum absolute atomic E-state index is 10.6. The predicted molar refractivity (Wildman–Crippen MR) is 113 cm³/mol. The van der Waals surface area contributed by atoms with Crippen LogP contribution in [0.3, 0.4) is 0 Å².